The Bertz CT molecular complexity index is 350. The van der Waals surface area contributed by atoms with Crippen LogP contribution in [0.1, 0.15) is 32.0 Å². The van der Waals surface area contributed by atoms with Crippen LogP contribution in [0.3, 0.4) is 0 Å². The Morgan fingerprint density at radius 1 is 1.53 bits per heavy atom. The first-order valence-electron chi connectivity index (χ1n) is 5.39. The third kappa shape index (κ3) is 2.53. The Kier molecular flexibility index (Phi) is 3.30. The summed E-state index contributed by atoms with van der Waals surface area (Å²) in [4.78, 5) is 17.8. The van der Waals surface area contributed by atoms with Crippen molar-refractivity contribution in [1.82, 2.24) is 9.36 Å². The number of aryl methyl sites for hydroxylation is 1. The number of Topliss-reactive ketones (excluding diaryl/α,β-unsaturated/α-hetero) is 1. The molecule has 82 valence electrons. The molecule has 0 spiro atoms. The molecule has 1 saturated heterocycles. The predicted molar refractivity (Wildman–Crippen MR) is 60.4 cm³/mol. The van der Waals surface area contributed by atoms with Crippen molar-refractivity contribution in [1.29, 1.82) is 0 Å². The van der Waals surface area contributed by atoms with Gasteiger partial charge >= 0.3 is 0 Å². The van der Waals surface area contributed by atoms with E-state index in [9.17, 15) is 4.79 Å². The van der Waals surface area contributed by atoms with Crippen LogP contribution in [-0.4, -0.2) is 28.2 Å². The highest BCUT2D eigenvalue weighted by molar-refractivity contribution is 7.09. The first-order valence-corrected chi connectivity index (χ1v) is 6.16. The largest absolute Gasteiger partial charge is 0.340 e. The molecule has 1 fully saturated rings. The minimum absolute atomic E-state index is 0.313. The van der Waals surface area contributed by atoms with Crippen LogP contribution in [0.25, 0.3) is 0 Å². The van der Waals surface area contributed by atoms with E-state index in [0.717, 1.165) is 43.2 Å². The van der Waals surface area contributed by atoms with Gasteiger partial charge in [-0.1, -0.05) is 6.92 Å². The quantitative estimate of drug-likeness (QED) is 0.785. The summed E-state index contributed by atoms with van der Waals surface area (Å²) in [5.74, 6) is 1.23. The number of carbonyl (C=O) groups is 1. The standard InChI is InChI=1S/C10H15N3OS/c1-2-4-9-11-10(15-12-9)13-6-3-5-8(14)7-13/h2-7H2,1H3. The molecule has 1 aromatic heterocycles. The van der Waals surface area contributed by atoms with E-state index in [2.05, 4.69) is 16.3 Å². The molecule has 0 bridgehead atoms. The van der Waals surface area contributed by atoms with Gasteiger partial charge in [-0.2, -0.15) is 4.37 Å². The van der Waals surface area contributed by atoms with Crippen molar-refractivity contribution in [3.63, 3.8) is 0 Å². The van der Waals surface area contributed by atoms with Crippen LogP contribution in [0.4, 0.5) is 5.13 Å². The molecule has 2 rings (SSSR count). The van der Waals surface area contributed by atoms with E-state index in [1.807, 2.05) is 4.90 Å². The molecule has 1 aromatic rings. The maximum Gasteiger partial charge on any atom is 0.205 e. The molecule has 0 saturated carbocycles. The van der Waals surface area contributed by atoms with Gasteiger partial charge in [-0.25, -0.2) is 4.98 Å². The highest BCUT2D eigenvalue weighted by atomic mass is 32.1. The lowest BCUT2D eigenvalue weighted by Gasteiger charge is -2.24. The zero-order valence-electron chi connectivity index (χ0n) is 8.90. The molecule has 0 amide bonds. The molecule has 1 aliphatic rings. The van der Waals surface area contributed by atoms with Crippen molar-refractivity contribution >= 4 is 22.4 Å². The van der Waals surface area contributed by atoms with E-state index in [0.29, 0.717) is 12.3 Å². The highest BCUT2D eigenvalue weighted by Gasteiger charge is 2.19. The van der Waals surface area contributed by atoms with Crippen LogP contribution >= 0.6 is 11.5 Å². The number of piperidine rings is 1. The number of hydrogen-bond donors (Lipinski definition) is 0. The van der Waals surface area contributed by atoms with Gasteiger partial charge in [-0.05, 0) is 12.8 Å². The van der Waals surface area contributed by atoms with E-state index in [4.69, 9.17) is 0 Å². The maximum atomic E-state index is 11.3. The maximum absolute atomic E-state index is 11.3. The lowest BCUT2D eigenvalue weighted by atomic mass is 10.1. The fraction of sp³-hybridized carbons (Fsp3) is 0.700. The lowest BCUT2D eigenvalue weighted by molar-refractivity contribution is -0.118. The van der Waals surface area contributed by atoms with E-state index in [1.54, 1.807) is 0 Å². The normalized spacial score (nSPS) is 17.1. The first kappa shape index (κ1) is 10.5. The van der Waals surface area contributed by atoms with Crippen LogP contribution in [0, 0.1) is 0 Å². The van der Waals surface area contributed by atoms with Gasteiger partial charge in [0.25, 0.3) is 0 Å². The van der Waals surface area contributed by atoms with Crippen LogP contribution < -0.4 is 4.90 Å². The van der Waals surface area contributed by atoms with Gasteiger partial charge < -0.3 is 4.90 Å². The topological polar surface area (TPSA) is 46.1 Å². The molecule has 15 heavy (non-hydrogen) atoms. The highest BCUT2D eigenvalue weighted by Crippen LogP contribution is 2.20. The van der Waals surface area contributed by atoms with Gasteiger partial charge in [0.05, 0.1) is 6.54 Å². The van der Waals surface area contributed by atoms with Crippen molar-refractivity contribution in [2.45, 2.75) is 32.6 Å². The second-order valence-electron chi connectivity index (χ2n) is 3.81. The minimum atomic E-state index is 0.313. The second kappa shape index (κ2) is 4.70. The molecule has 0 unspecified atom stereocenters. The summed E-state index contributed by atoms with van der Waals surface area (Å²) < 4.78 is 4.28. The van der Waals surface area contributed by atoms with Gasteiger partial charge in [0.15, 0.2) is 5.78 Å². The molecular weight excluding hydrogens is 210 g/mol. The second-order valence-corrected chi connectivity index (χ2v) is 4.54. The lowest BCUT2D eigenvalue weighted by Crippen LogP contribution is -2.35. The molecular formula is C10H15N3OS. The molecule has 0 atom stereocenters. The summed E-state index contributed by atoms with van der Waals surface area (Å²) in [6, 6.07) is 0. The summed E-state index contributed by atoms with van der Waals surface area (Å²) in [5.41, 5.74) is 0. The molecule has 4 nitrogen and oxygen atoms in total. The Morgan fingerprint density at radius 3 is 3.13 bits per heavy atom. The molecule has 0 radical (unpaired) electrons. The zero-order chi connectivity index (χ0) is 10.7. The summed E-state index contributed by atoms with van der Waals surface area (Å²) in [6.45, 7) is 3.57. The number of rotatable bonds is 3. The number of carbonyl (C=O) groups excluding carboxylic acids is 1. The van der Waals surface area contributed by atoms with Gasteiger partial charge in [0.2, 0.25) is 5.13 Å². The van der Waals surface area contributed by atoms with Gasteiger partial charge in [-0.15, -0.1) is 0 Å². The number of ketones is 1. The van der Waals surface area contributed by atoms with Crippen LogP contribution in [0.5, 0.6) is 0 Å². The predicted octanol–water partition coefficient (Wildman–Crippen LogP) is 1.66. The van der Waals surface area contributed by atoms with Crippen molar-refractivity contribution in [3.8, 4) is 0 Å². The molecule has 5 heteroatoms. The Hall–Kier alpha value is -0.970. The fourth-order valence-electron chi connectivity index (χ4n) is 1.70. The first-order chi connectivity index (χ1) is 7.29. The van der Waals surface area contributed by atoms with Gasteiger partial charge in [-0.3, -0.25) is 4.79 Å². The molecule has 0 N–H and O–H groups in total. The SMILES string of the molecule is CCCc1nsc(N2CCCC(=O)C2)n1. The van der Waals surface area contributed by atoms with Crippen molar-refractivity contribution in [2.75, 3.05) is 18.0 Å². The molecule has 0 aromatic carbocycles. The number of hydrogen-bond acceptors (Lipinski definition) is 5. The van der Waals surface area contributed by atoms with E-state index in [1.165, 1.54) is 11.5 Å². The fourth-order valence-corrected chi connectivity index (χ4v) is 2.44. The minimum Gasteiger partial charge on any atom is -0.340 e. The van der Waals surface area contributed by atoms with Crippen molar-refractivity contribution in [2.24, 2.45) is 0 Å². The van der Waals surface area contributed by atoms with Gasteiger partial charge in [0.1, 0.15) is 5.82 Å². The third-order valence-electron chi connectivity index (χ3n) is 2.45. The van der Waals surface area contributed by atoms with E-state index >= 15 is 0 Å². The molecule has 2 heterocycles. The molecule has 1 aliphatic heterocycles. The van der Waals surface area contributed by atoms with E-state index in [-0.39, 0.29) is 0 Å². The zero-order valence-corrected chi connectivity index (χ0v) is 9.72. The Balaban J connectivity index is 2.04. The van der Waals surface area contributed by atoms with Crippen LogP contribution in [0.15, 0.2) is 0 Å². The monoisotopic (exact) mass is 225 g/mol. The number of nitrogens with zero attached hydrogens (tertiary/aromatic N) is 3. The van der Waals surface area contributed by atoms with Gasteiger partial charge in [0, 0.05) is 30.9 Å². The summed E-state index contributed by atoms with van der Waals surface area (Å²) >= 11 is 1.41. The number of aromatic nitrogens is 2. The Morgan fingerprint density at radius 2 is 2.40 bits per heavy atom. The van der Waals surface area contributed by atoms with Crippen LogP contribution in [-0.2, 0) is 11.2 Å². The van der Waals surface area contributed by atoms with Crippen molar-refractivity contribution in [3.05, 3.63) is 5.82 Å². The Labute approximate surface area is 93.5 Å². The summed E-state index contributed by atoms with van der Waals surface area (Å²) in [7, 11) is 0. The average Bonchev–Trinajstić information content (AvgIpc) is 2.67. The van der Waals surface area contributed by atoms with E-state index < -0.39 is 0 Å². The van der Waals surface area contributed by atoms with Crippen molar-refractivity contribution < 1.29 is 4.79 Å². The molecule has 0 aliphatic carbocycles. The smallest absolute Gasteiger partial charge is 0.205 e. The summed E-state index contributed by atoms with van der Waals surface area (Å²) in [6.07, 6.45) is 3.66. The summed E-state index contributed by atoms with van der Waals surface area (Å²) in [5, 5.41) is 0.909. The average molecular weight is 225 g/mol. The third-order valence-corrected chi connectivity index (χ3v) is 3.27. The number of anilines is 1. The van der Waals surface area contributed by atoms with Crippen LogP contribution in [0.2, 0.25) is 0 Å².